The monoisotopic (exact) mass is 494 g/mol. The fourth-order valence-corrected chi connectivity index (χ4v) is 3.47. The molecule has 0 saturated heterocycles. The van der Waals surface area contributed by atoms with Gasteiger partial charge >= 0.3 is 12.2 Å². The van der Waals surface area contributed by atoms with Gasteiger partial charge in [-0.15, -0.1) is 0 Å². The molecule has 0 heterocycles. The molecule has 8 heteroatoms. The molecule has 2 aromatic rings. The van der Waals surface area contributed by atoms with E-state index in [9.17, 15) is 9.59 Å². The number of anilines is 2. The Morgan fingerprint density at radius 2 is 1.28 bits per heavy atom. The normalized spacial score (nSPS) is 10.2. The minimum Gasteiger partial charge on any atom is -0.453 e. The van der Waals surface area contributed by atoms with Crippen LogP contribution in [0.5, 0.6) is 0 Å². The van der Waals surface area contributed by atoms with Crippen molar-refractivity contribution in [1.29, 1.82) is 0 Å². The van der Waals surface area contributed by atoms with Gasteiger partial charge in [0.15, 0.2) is 0 Å². The summed E-state index contributed by atoms with van der Waals surface area (Å²) in [5.74, 6) is 0. The van der Waals surface area contributed by atoms with Crippen LogP contribution < -0.4 is 10.6 Å². The molecular formula is C28H38N4O4. The molecule has 2 rings (SSSR count). The molecule has 2 aromatic carbocycles. The molecule has 0 saturated carbocycles. The van der Waals surface area contributed by atoms with Crippen LogP contribution in [0, 0.1) is 13.8 Å². The summed E-state index contributed by atoms with van der Waals surface area (Å²) in [7, 11) is 1.30. The second kappa shape index (κ2) is 16.1. The number of carbonyl (C=O) groups excluding carboxylic acids is 2. The number of benzene rings is 2. The molecule has 36 heavy (non-hydrogen) atoms. The van der Waals surface area contributed by atoms with Crippen molar-refractivity contribution in [1.82, 2.24) is 0 Å². The van der Waals surface area contributed by atoms with Crippen LogP contribution in [0.3, 0.4) is 0 Å². The summed E-state index contributed by atoms with van der Waals surface area (Å²) >= 11 is 0. The van der Waals surface area contributed by atoms with Crippen molar-refractivity contribution in [2.24, 2.45) is 9.98 Å². The fourth-order valence-electron chi connectivity index (χ4n) is 3.47. The van der Waals surface area contributed by atoms with E-state index in [0.717, 1.165) is 24.0 Å². The molecule has 0 radical (unpaired) electrons. The highest BCUT2D eigenvalue weighted by Crippen LogP contribution is 2.25. The van der Waals surface area contributed by atoms with Gasteiger partial charge < -0.3 is 9.47 Å². The van der Waals surface area contributed by atoms with Gasteiger partial charge in [-0.3, -0.25) is 10.6 Å². The summed E-state index contributed by atoms with van der Waals surface area (Å²) in [4.78, 5) is 32.2. The van der Waals surface area contributed by atoms with E-state index in [2.05, 4.69) is 38.3 Å². The third kappa shape index (κ3) is 10.7. The molecule has 0 atom stereocenters. The number of aryl methyl sites for hydroxylation is 2. The first-order valence-electron chi connectivity index (χ1n) is 12.6. The third-order valence-electron chi connectivity index (χ3n) is 5.67. The molecule has 0 bridgehead atoms. The lowest BCUT2D eigenvalue weighted by molar-refractivity contribution is 0.159. The summed E-state index contributed by atoms with van der Waals surface area (Å²) in [6.07, 6.45) is 8.51. The maximum absolute atomic E-state index is 12.1. The Morgan fingerprint density at radius 1 is 0.778 bits per heavy atom. The molecule has 0 spiro atoms. The lowest BCUT2D eigenvalue weighted by Gasteiger charge is -2.08. The maximum Gasteiger partial charge on any atom is 0.411 e. The summed E-state index contributed by atoms with van der Waals surface area (Å²) in [5, 5.41) is 5.36. The van der Waals surface area contributed by atoms with Gasteiger partial charge in [0.05, 0.1) is 25.1 Å². The van der Waals surface area contributed by atoms with Gasteiger partial charge in [-0.25, -0.2) is 9.59 Å². The molecule has 2 N–H and O–H groups in total. The van der Waals surface area contributed by atoms with Crippen LogP contribution in [0.15, 0.2) is 46.4 Å². The molecule has 0 aliphatic carbocycles. The van der Waals surface area contributed by atoms with Gasteiger partial charge in [-0.1, -0.05) is 64.0 Å². The van der Waals surface area contributed by atoms with Crippen LogP contribution in [0.4, 0.5) is 32.3 Å². The molecule has 0 aliphatic rings. The number of unbranched alkanes of at least 4 members (excludes halogenated alkanes) is 7. The standard InChI is InChI=1S/C28H38N4O4/c1-5-6-7-8-9-10-11-12-17-36-28(34)32-24-16-14-22(3)26(19-24)30-20-29-25-18-23(15-13-21(25)2)31-27(33)35-4/h13-16,18-19H,5-12,17H2,1-4H3,(H,31,33)(H,32,34). The van der Waals surface area contributed by atoms with Gasteiger partial charge in [0, 0.05) is 11.4 Å². The highest BCUT2D eigenvalue weighted by Gasteiger charge is 2.06. The zero-order chi connectivity index (χ0) is 26.2. The number of methoxy groups -OCH3 is 1. The first kappa shape index (κ1) is 28.6. The second-order valence-electron chi connectivity index (χ2n) is 8.68. The fraction of sp³-hybridized carbons (Fsp3) is 0.464. The molecule has 8 nitrogen and oxygen atoms in total. The largest absolute Gasteiger partial charge is 0.453 e. The quantitative estimate of drug-likeness (QED) is 0.216. The van der Waals surface area contributed by atoms with E-state index in [1.165, 1.54) is 45.6 Å². The van der Waals surface area contributed by atoms with Gasteiger partial charge in [-0.05, 0) is 55.7 Å². The van der Waals surface area contributed by atoms with Crippen LogP contribution in [-0.2, 0) is 9.47 Å². The lowest BCUT2D eigenvalue weighted by atomic mass is 10.1. The van der Waals surface area contributed by atoms with Gasteiger partial charge in [0.1, 0.15) is 6.01 Å². The smallest absolute Gasteiger partial charge is 0.411 e. The van der Waals surface area contributed by atoms with Crippen molar-refractivity contribution in [2.75, 3.05) is 24.4 Å². The number of nitrogens with zero attached hydrogens (tertiary/aromatic N) is 2. The van der Waals surface area contributed by atoms with E-state index in [-0.39, 0.29) is 0 Å². The average Bonchev–Trinajstić information content (AvgIpc) is 2.86. The van der Waals surface area contributed by atoms with Crippen molar-refractivity contribution in [3.63, 3.8) is 0 Å². The molecular weight excluding hydrogens is 456 g/mol. The van der Waals surface area contributed by atoms with E-state index >= 15 is 0 Å². The van der Waals surface area contributed by atoms with Crippen molar-refractivity contribution < 1.29 is 19.1 Å². The van der Waals surface area contributed by atoms with E-state index in [1.807, 2.05) is 26.0 Å². The van der Waals surface area contributed by atoms with E-state index in [1.54, 1.807) is 24.3 Å². The second-order valence-corrected chi connectivity index (χ2v) is 8.68. The summed E-state index contributed by atoms with van der Waals surface area (Å²) in [6, 6.07) is 13.4. The molecule has 0 aromatic heterocycles. The van der Waals surface area contributed by atoms with Gasteiger partial charge in [0.25, 0.3) is 0 Å². The Kier molecular flexibility index (Phi) is 12.8. The zero-order valence-electron chi connectivity index (χ0n) is 21.9. The van der Waals surface area contributed by atoms with E-state index < -0.39 is 12.2 Å². The maximum atomic E-state index is 12.1. The first-order valence-corrected chi connectivity index (χ1v) is 12.6. The number of aliphatic imine (C=N–C) groups is 2. The highest BCUT2D eigenvalue weighted by molar-refractivity contribution is 5.86. The number of amides is 2. The molecule has 194 valence electrons. The molecule has 0 aliphatic heterocycles. The van der Waals surface area contributed by atoms with Crippen molar-refractivity contribution in [3.05, 3.63) is 47.5 Å². The van der Waals surface area contributed by atoms with Crippen molar-refractivity contribution in [2.45, 2.75) is 72.1 Å². The van der Waals surface area contributed by atoms with Gasteiger partial charge in [0.2, 0.25) is 0 Å². The Balaban J connectivity index is 1.88. The predicted octanol–water partition coefficient (Wildman–Crippen LogP) is 8.31. The summed E-state index contributed by atoms with van der Waals surface area (Å²) in [5.41, 5.74) is 4.20. The highest BCUT2D eigenvalue weighted by atomic mass is 16.5. The summed E-state index contributed by atoms with van der Waals surface area (Å²) in [6.45, 7) is 6.44. The minimum absolute atomic E-state index is 0.410. The number of hydrogen-bond acceptors (Lipinski definition) is 6. The number of nitrogens with one attached hydrogen (secondary N) is 2. The Bertz CT molecular complexity index is 1060. The predicted molar refractivity (Wildman–Crippen MR) is 145 cm³/mol. The topological polar surface area (TPSA) is 101 Å². The first-order chi connectivity index (χ1) is 17.4. The molecule has 0 unspecified atom stereocenters. The zero-order valence-corrected chi connectivity index (χ0v) is 21.9. The Morgan fingerprint density at radius 3 is 1.81 bits per heavy atom. The SMILES string of the molecule is CCCCCCCCCCOC(=O)Nc1ccc(C)c(N=C=Nc2cc(NC(=O)OC)ccc2C)c1. The van der Waals surface area contributed by atoms with E-state index in [4.69, 9.17) is 4.74 Å². The van der Waals surface area contributed by atoms with Crippen LogP contribution >= 0.6 is 0 Å². The van der Waals surface area contributed by atoms with Gasteiger partial charge in [-0.2, -0.15) is 9.98 Å². The third-order valence-corrected chi connectivity index (χ3v) is 5.67. The van der Waals surface area contributed by atoms with Crippen LogP contribution in [0.2, 0.25) is 0 Å². The van der Waals surface area contributed by atoms with Crippen LogP contribution in [0.25, 0.3) is 0 Å². The minimum atomic E-state index is -0.557. The van der Waals surface area contributed by atoms with E-state index in [0.29, 0.717) is 29.4 Å². The summed E-state index contributed by atoms with van der Waals surface area (Å²) < 4.78 is 9.92. The number of rotatable bonds is 13. The van der Waals surface area contributed by atoms with Crippen molar-refractivity contribution >= 4 is 40.9 Å². The Labute approximate surface area is 214 Å². The lowest BCUT2D eigenvalue weighted by Crippen LogP contribution is -2.14. The average molecular weight is 495 g/mol. The number of carbonyl (C=O) groups is 2. The number of ether oxygens (including phenoxy) is 2. The van der Waals surface area contributed by atoms with Crippen molar-refractivity contribution in [3.8, 4) is 0 Å². The Hall–Kier alpha value is -3.64. The molecule has 0 fully saturated rings. The van der Waals surface area contributed by atoms with Crippen LogP contribution in [-0.4, -0.2) is 31.9 Å². The number of hydrogen-bond donors (Lipinski definition) is 2. The van der Waals surface area contributed by atoms with Crippen LogP contribution in [0.1, 0.15) is 69.4 Å². The molecule has 2 amide bonds.